The first kappa shape index (κ1) is 12.5. The molecule has 1 aliphatic heterocycles. The van der Waals surface area contributed by atoms with Gasteiger partial charge >= 0.3 is 5.97 Å². The molecule has 0 saturated carbocycles. The molecule has 20 heavy (non-hydrogen) atoms. The summed E-state index contributed by atoms with van der Waals surface area (Å²) < 4.78 is 20.9. The maximum atomic E-state index is 11.9. The zero-order valence-corrected chi connectivity index (χ0v) is 10.9. The summed E-state index contributed by atoms with van der Waals surface area (Å²) in [6, 6.07) is 6.67. The van der Waals surface area contributed by atoms with Crippen LogP contribution in [-0.4, -0.2) is 24.3 Å². The van der Waals surface area contributed by atoms with Crippen molar-refractivity contribution in [2.24, 2.45) is 0 Å². The van der Waals surface area contributed by atoms with Gasteiger partial charge in [-0.3, -0.25) is 0 Å². The van der Waals surface area contributed by atoms with Crippen LogP contribution in [0.2, 0.25) is 0 Å². The van der Waals surface area contributed by atoms with Crippen molar-refractivity contribution in [3.8, 4) is 11.5 Å². The first-order valence-corrected chi connectivity index (χ1v) is 6.21. The molecule has 0 atom stereocenters. The summed E-state index contributed by atoms with van der Waals surface area (Å²) in [5.41, 5.74) is 1.15. The Kier molecular flexibility index (Phi) is 3.28. The summed E-state index contributed by atoms with van der Waals surface area (Å²) >= 11 is 0. The fourth-order valence-corrected chi connectivity index (χ4v) is 1.87. The van der Waals surface area contributed by atoms with Crippen LogP contribution in [0.1, 0.15) is 21.8 Å². The van der Waals surface area contributed by atoms with E-state index in [0.717, 1.165) is 5.69 Å². The number of carbonyl (C=O) groups is 1. The fourth-order valence-electron chi connectivity index (χ4n) is 1.87. The molecule has 6 heteroatoms. The SMILES string of the molecule is Cc1cc(COC(=O)c2ccc3c(c2)OCCO3)on1. The Morgan fingerprint density at radius 2 is 2.05 bits per heavy atom. The van der Waals surface area contributed by atoms with E-state index < -0.39 is 5.97 Å². The minimum absolute atomic E-state index is 0.0497. The third-order valence-corrected chi connectivity index (χ3v) is 2.80. The zero-order chi connectivity index (χ0) is 13.9. The van der Waals surface area contributed by atoms with Gasteiger partial charge in [0.05, 0.1) is 11.3 Å². The summed E-state index contributed by atoms with van der Waals surface area (Å²) in [4.78, 5) is 11.9. The van der Waals surface area contributed by atoms with Crippen LogP contribution in [0, 0.1) is 6.92 Å². The summed E-state index contributed by atoms with van der Waals surface area (Å²) in [6.07, 6.45) is 0. The van der Waals surface area contributed by atoms with Gasteiger partial charge < -0.3 is 18.7 Å². The average molecular weight is 275 g/mol. The number of carbonyl (C=O) groups excluding carboxylic acids is 1. The van der Waals surface area contributed by atoms with E-state index in [-0.39, 0.29) is 6.61 Å². The Hall–Kier alpha value is -2.50. The van der Waals surface area contributed by atoms with Crippen molar-refractivity contribution < 1.29 is 23.5 Å². The summed E-state index contributed by atoms with van der Waals surface area (Å²) in [5, 5.41) is 3.72. The Bertz CT molecular complexity index is 634. The Labute approximate surface area is 115 Å². The summed E-state index contributed by atoms with van der Waals surface area (Å²) in [6.45, 7) is 2.84. The first-order chi connectivity index (χ1) is 9.72. The van der Waals surface area contributed by atoms with E-state index in [2.05, 4.69) is 5.16 Å². The Balaban J connectivity index is 1.67. The zero-order valence-electron chi connectivity index (χ0n) is 10.9. The molecule has 0 amide bonds. The topological polar surface area (TPSA) is 70.8 Å². The van der Waals surface area contributed by atoms with Crippen molar-refractivity contribution in [1.82, 2.24) is 5.16 Å². The lowest BCUT2D eigenvalue weighted by Crippen LogP contribution is -2.16. The normalized spacial score (nSPS) is 13.1. The van der Waals surface area contributed by atoms with Gasteiger partial charge in [-0.1, -0.05) is 5.16 Å². The van der Waals surface area contributed by atoms with Gasteiger partial charge in [0.2, 0.25) is 0 Å². The van der Waals surface area contributed by atoms with E-state index >= 15 is 0 Å². The highest BCUT2D eigenvalue weighted by Gasteiger charge is 2.16. The second kappa shape index (κ2) is 5.24. The largest absolute Gasteiger partial charge is 0.486 e. The van der Waals surface area contributed by atoms with Gasteiger partial charge in [0.15, 0.2) is 23.9 Å². The highest BCUT2D eigenvalue weighted by atomic mass is 16.6. The van der Waals surface area contributed by atoms with Gasteiger partial charge in [0.25, 0.3) is 0 Å². The molecule has 3 rings (SSSR count). The quantitative estimate of drug-likeness (QED) is 0.799. The number of ether oxygens (including phenoxy) is 3. The first-order valence-electron chi connectivity index (χ1n) is 6.21. The third-order valence-electron chi connectivity index (χ3n) is 2.80. The Morgan fingerprint density at radius 3 is 2.80 bits per heavy atom. The Morgan fingerprint density at radius 1 is 1.25 bits per heavy atom. The molecule has 0 N–H and O–H groups in total. The van der Waals surface area contributed by atoms with Gasteiger partial charge in [-0.2, -0.15) is 0 Å². The molecule has 0 fully saturated rings. The average Bonchev–Trinajstić information content (AvgIpc) is 2.90. The van der Waals surface area contributed by atoms with Gasteiger partial charge in [-0.15, -0.1) is 0 Å². The summed E-state index contributed by atoms with van der Waals surface area (Å²) in [5.74, 6) is 1.25. The number of esters is 1. The van der Waals surface area contributed by atoms with Crippen molar-refractivity contribution in [3.63, 3.8) is 0 Å². The second-order valence-electron chi connectivity index (χ2n) is 4.37. The predicted octanol–water partition coefficient (Wildman–Crippen LogP) is 2.11. The van der Waals surface area contributed by atoms with Crippen molar-refractivity contribution in [2.45, 2.75) is 13.5 Å². The van der Waals surface area contributed by atoms with Crippen LogP contribution in [0.15, 0.2) is 28.8 Å². The van der Waals surface area contributed by atoms with Crippen molar-refractivity contribution in [2.75, 3.05) is 13.2 Å². The minimum Gasteiger partial charge on any atom is -0.486 e. The molecule has 0 saturated heterocycles. The molecule has 6 nitrogen and oxygen atoms in total. The van der Waals surface area contributed by atoms with Crippen molar-refractivity contribution >= 4 is 5.97 Å². The standard InChI is InChI=1S/C14H13NO5/c1-9-6-11(20-15-9)8-19-14(16)10-2-3-12-13(7-10)18-5-4-17-12/h2-3,6-7H,4-5,8H2,1H3. The van der Waals surface area contributed by atoms with E-state index in [4.69, 9.17) is 18.7 Å². The molecule has 0 aliphatic carbocycles. The molecular weight excluding hydrogens is 262 g/mol. The maximum absolute atomic E-state index is 11.9. The lowest BCUT2D eigenvalue weighted by Gasteiger charge is -2.18. The maximum Gasteiger partial charge on any atom is 0.338 e. The fraction of sp³-hybridized carbons (Fsp3) is 0.286. The number of aromatic nitrogens is 1. The molecular formula is C14H13NO5. The molecule has 0 unspecified atom stereocenters. The van der Waals surface area contributed by atoms with Crippen LogP contribution in [0.25, 0.3) is 0 Å². The lowest BCUT2D eigenvalue weighted by molar-refractivity contribution is 0.0436. The van der Waals surface area contributed by atoms with Crippen molar-refractivity contribution in [1.29, 1.82) is 0 Å². The summed E-state index contributed by atoms with van der Waals surface area (Å²) in [7, 11) is 0. The van der Waals surface area contributed by atoms with E-state index in [1.54, 1.807) is 31.2 Å². The number of aryl methyl sites for hydroxylation is 1. The minimum atomic E-state index is -0.448. The highest BCUT2D eigenvalue weighted by Crippen LogP contribution is 2.30. The van der Waals surface area contributed by atoms with E-state index in [1.807, 2.05) is 0 Å². The molecule has 104 valence electrons. The molecule has 1 aromatic heterocycles. The number of fused-ring (bicyclic) bond motifs is 1. The molecule has 0 spiro atoms. The van der Waals surface area contributed by atoms with Crippen molar-refractivity contribution in [3.05, 3.63) is 41.3 Å². The van der Waals surface area contributed by atoms with E-state index in [0.29, 0.717) is 36.0 Å². The van der Waals surface area contributed by atoms with Gasteiger partial charge in [-0.25, -0.2) is 4.79 Å². The lowest BCUT2D eigenvalue weighted by atomic mass is 10.2. The van der Waals surface area contributed by atoms with Crippen LogP contribution < -0.4 is 9.47 Å². The molecule has 2 heterocycles. The number of hydrogen-bond donors (Lipinski definition) is 0. The predicted molar refractivity (Wildman–Crippen MR) is 67.8 cm³/mol. The van der Waals surface area contributed by atoms with Gasteiger partial charge in [0, 0.05) is 6.07 Å². The smallest absolute Gasteiger partial charge is 0.338 e. The monoisotopic (exact) mass is 275 g/mol. The molecule has 1 aromatic carbocycles. The van der Waals surface area contributed by atoms with E-state index in [9.17, 15) is 4.79 Å². The van der Waals surface area contributed by atoms with Crippen LogP contribution in [-0.2, 0) is 11.3 Å². The van der Waals surface area contributed by atoms with Gasteiger partial charge in [-0.05, 0) is 25.1 Å². The van der Waals surface area contributed by atoms with Gasteiger partial charge in [0.1, 0.15) is 13.2 Å². The van der Waals surface area contributed by atoms with Crippen LogP contribution in [0.3, 0.4) is 0 Å². The van der Waals surface area contributed by atoms with E-state index in [1.165, 1.54) is 0 Å². The third kappa shape index (κ3) is 2.59. The molecule has 0 radical (unpaired) electrons. The molecule has 0 bridgehead atoms. The number of hydrogen-bond acceptors (Lipinski definition) is 6. The van der Waals surface area contributed by atoms with Crippen LogP contribution >= 0.6 is 0 Å². The number of nitrogens with zero attached hydrogens (tertiary/aromatic N) is 1. The number of benzene rings is 1. The molecule has 1 aliphatic rings. The highest BCUT2D eigenvalue weighted by molar-refractivity contribution is 5.90. The molecule has 2 aromatic rings. The van der Waals surface area contributed by atoms with Crippen LogP contribution in [0.5, 0.6) is 11.5 Å². The van der Waals surface area contributed by atoms with Crippen LogP contribution in [0.4, 0.5) is 0 Å². The second-order valence-corrected chi connectivity index (χ2v) is 4.37. The number of rotatable bonds is 3.